The maximum absolute atomic E-state index is 14.1. The van der Waals surface area contributed by atoms with Crippen LogP contribution in [0.1, 0.15) is 101 Å². The predicted molar refractivity (Wildman–Crippen MR) is 223 cm³/mol. The van der Waals surface area contributed by atoms with Gasteiger partial charge in [0.1, 0.15) is 41.2 Å². The van der Waals surface area contributed by atoms with Gasteiger partial charge in [-0.15, -0.1) is 18.2 Å². The van der Waals surface area contributed by atoms with E-state index in [1.807, 2.05) is 45.9 Å². The minimum atomic E-state index is -1.42. The Bertz CT molecular complexity index is 1780. The van der Waals surface area contributed by atoms with Gasteiger partial charge >= 0.3 is 6.09 Å². The largest absolute Gasteiger partial charge is 0.496 e. The SMILES string of the molecule is C=CCO[C@@]12Oc3ccc(Oc4ccc(OC)c(C=O)c4)cc3[C@H]3[C@H](CCCCO)[C@@H](CCCCO)C=C(C(=NOC(C)(C)C)C[C@@H]1N(CCC)C(=O)OCCCl)[C@H]32. The number of allylic oxidation sites excluding steroid dienone is 1. The molecule has 1 amide bonds. The second kappa shape index (κ2) is 20.7. The molecule has 1 heterocycles. The van der Waals surface area contributed by atoms with E-state index in [4.69, 9.17) is 45.3 Å². The minimum absolute atomic E-state index is 0.0256. The van der Waals surface area contributed by atoms with Crippen LogP contribution in [0, 0.1) is 17.8 Å². The van der Waals surface area contributed by atoms with Gasteiger partial charge in [0.2, 0.25) is 5.79 Å². The van der Waals surface area contributed by atoms with Gasteiger partial charge in [0.25, 0.3) is 0 Å². The zero-order chi connectivity index (χ0) is 41.9. The molecule has 5 rings (SSSR count). The molecule has 2 aromatic carbocycles. The van der Waals surface area contributed by atoms with E-state index >= 15 is 0 Å². The van der Waals surface area contributed by atoms with Crippen LogP contribution >= 0.6 is 11.6 Å². The fourth-order valence-electron chi connectivity index (χ4n) is 8.73. The Hall–Kier alpha value is -4.10. The number of oxime groups is 1. The first-order valence-electron chi connectivity index (χ1n) is 20.6. The number of benzene rings is 2. The van der Waals surface area contributed by atoms with Gasteiger partial charge in [0.15, 0.2) is 6.29 Å². The number of hydrogen-bond donors (Lipinski definition) is 2. The third-order valence-electron chi connectivity index (χ3n) is 11.0. The van der Waals surface area contributed by atoms with Crippen molar-refractivity contribution in [3.8, 4) is 23.0 Å². The van der Waals surface area contributed by atoms with Gasteiger partial charge in [0, 0.05) is 37.7 Å². The predicted octanol–water partition coefficient (Wildman–Crippen LogP) is 8.82. The number of carbonyl (C=O) groups excluding carboxylic acids is 2. The Morgan fingerprint density at radius 1 is 1.09 bits per heavy atom. The number of rotatable bonds is 21. The Morgan fingerprint density at radius 3 is 2.47 bits per heavy atom. The number of hydrogen-bond acceptors (Lipinski definition) is 11. The van der Waals surface area contributed by atoms with Gasteiger partial charge in [0.05, 0.1) is 36.8 Å². The van der Waals surface area contributed by atoms with Gasteiger partial charge in [-0.25, -0.2) is 4.79 Å². The number of carbonyl (C=O) groups is 2. The van der Waals surface area contributed by atoms with Gasteiger partial charge < -0.3 is 38.7 Å². The summed E-state index contributed by atoms with van der Waals surface area (Å²) in [6, 6.07) is 10.1. The highest BCUT2D eigenvalue weighted by Crippen LogP contribution is 2.62. The quantitative estimate of drug-likeness (QED) is 0.0412. The number of nitrogens with zero attached hydrogens (tertiary/aromatic N) is 2. The molecule has 2 aliphatic carbocycles. The summed E-state index contributed by atoms with van der Waals surface area (Å²) >= 11 is 6.01. The molecule has 13 heteroatoms. The van der Waals surface area contributed by atoms with Crippen molar-refractivity contribution in [3.05, 3.63) is 71.8 Å². The van der Waals surface area contributed by atoms with Crippen molar-refractivity contribution in [1.82, 2.24) is 4.90 Å². The van der Waals surface area contributed by atoms with Crippen LogP contribution in [0.5, 0.6) is 23.0 Å². The lowest BCUT2D eigenvalue weighted by molar-refractivity contribution is -0.255. The normalized spacial score (nSPS) is 24.1. The van der Waals surface area contributed by atoms with E-state index in [1.165, 1.54) is 7.11 Å². The Balaban J connectivity index is 1.79. The van der Waals surface area contributed by atoms with Crippen LogP contribution in [0.15, 0.2) is 65.9 Å². The average Bonchev–Trinajstić information content (AvgIpc) is 3.21. The Kier molecular flexibility index (Phi) is 16.1. The smallest absolute Gasteiger partial charge is 0.410 e. The van der Waals surface area contributed by atoms with E-state index in [9.17, 15) is 19.8 Å². The molecule has 2 aromatic rings. The molecule has 1 saturated carbocycles. The molecule has 3 aliphatic rings. The summed E-state index contributed by atoms with van der Waals surface area (Å²) in [4.78, 5) is 33.8. The fourth-order valence-corrected chi connectivity index (χ4v) is 8.81. The molecule has 0 spiro atoms. The highest BCUT2D eigenvalue weighted by atomic mass is 35.5. The van der Waals surface area contributed by atoms with Crippen LogP contribution in [0.25, 0.3) is 0 Å². The van der Waals surface area contributed by atoms with Gasteiger partial charge in [-0.05, 0) is 107 Å². The second-order valence-electron chi connectivity index (χ2n) is 16.1. The highest BCUT2D eigenvalue weighted by molar-refractivity contribution is 6.18. The van der Waals surface area contributed by atoms with Crippen LogP contribution < -0.4 is 14.2 Å². The molecule has 0 aromatic heterocycles. The minimum Gasteiger partial charge on any atom is -0.496 e. The lowest BCUT2D eigenvalue weighted by Crippen LogP contribution is -2.70. The molecule has 0 unspecified atom stereocenters. The van der Waals surface area contributed by atoms with Gasteiger partial charge in [-0.3, -0.25) is 9.69 Å². The lowest BCUT2D eigenvalue weighted by atomic mass is 9.55. The van der Waals surface area contributed by atoms with Crippen LogP contribution in [-0.2, 0) is 14.3 Å². The highest BCUT2D eigenvalue weighted by Gasteiger charge is 2.65. The number of aldehydes is 1. The summed E-state index contributed by atoms with van der Waals surface area (Å²) < 4.78 is 31.7. The summed E-state index contributed by atoms with van der Waals surface area (Å²) in [5, 5.41) is 24.6. The van der Waals surface area contributed by atoms with Gasteiger partial charge in [-0.1, -0.05) is 37.1 Å². The summed E-state index contributed by atoms with van der Waals surface area (Å²) in [6.07, 6.45) is 9.57. The first-order valence-corrected chi connectivity index (χ1v) is 21.1. The van der Waals surface area contributed by atoms with E-state index in [2.05, 4.69) is 12.7 Å². The molecule has 1 aliphatic heterocycles. The number of ether oxygens (including phenoxy) is 5. The van der Waals surface area contributed by atoms with E-state index in [0.29, 0.717) is 60.1 Å². The molecule has 0 bridgehead atoms. The summed E-state index contributed by atoms with van der Waals surface area (Å²) in [5.41, 5.74) is 2.28. The maximum atomic E-state index is 14.1. The molecule has 0 radical (unpaired) electrons. The number of aliphatic hydroxyl groups is 2. The zero-order valence-corrected chi connectivity index (χ0v) is 35.4. The van der Waals surface area contributed by atoms with E-state index in [1.54, 1.807) is 29.2 Å². The Labute approximate surface area is 348 Å². The van der Waals surface area contributed by atoms with Crippen molar-refractivity contribution in [3.63, 3.8) is 0 Å². The van der Waals surface area contributed by atoms with Crippen molar-refractivity contribution in [2.24, 2.45) is 22.9 Å². The van der Waals surface area contributed by atoms with Crippen molar-refractivity contribution >= 4 is 29.7 Å². The number of fused-ring (bicyclic) bond motifs is 2. The molecule has 58 heavy (non-hydrogen) atoms. The van der Waals surface area contributed by atoms with E-state index in [-0.39, 0.29) is 56.5 Å². The molecule has 12 nitrogen and oxygen atoms in total. The Morgan fingerprint density at radius 2 is 1.81 bits per heavy atom. The number of amides is 1. The zero-order valence-electron chi connectivity index (χ0n) is 34.6. The standard InChI is InChI=1S/C45H61ClN2O10/c1-7-20-48(43(52)54-24-19-46)40-28-37(47-58-44(3,4)5)35-26-30(13-9-11-21-49)34(14-10-12-22-50)41-36-27-33(56-32-15-17-38(53-6)31(25-32)29-51)16-18-39(36)57-45(40,42(35)41)55-23-8-2/h8,15-18,25-27,29-30,34,40-42,49-50H,2,7,9-14,19-24,28H2,1,3-6H3/t30-,34+,40-,41+,42+,45+/m0/s1. The van der Waals surface area contributed by atoms with Crippen molar-refractivity contribution < 1.29 is 48.3 Å². The maximum Gasteiger partial charge on any atom is 0.410 e. The molecule has 6 atom stereocenters. The van der Waals surface area contributed by atoms with Gasteiger partial charge in [-0.2, -0.15) is 0 Å². The van der Waals surface area contributed by atoms with Crippen LogP contribution in [0.3, 0.4) is 0 Å². The van der Waals surface area contributed by atoms with E-state index < -0.39 is 29.4 Å². The number of halogens is 1. The summed E-state index contributed by atoms with van der Waals surface area (Å²) in [5.74, 6) is 0.105. The molecule has 1 fully saturated rings. The topological polar surface area (TPSA) is 146 Å². The summed E-state index contributed by atoms with van der Waals surface area (Å²) in [6.45, 7) is 12.5. The molecule has 0 saturated heterocycles. The van der Waals surface area contributed by atoms with Crippen molar-refractivity contribution in [2.75, 3.05) is 46.0 Å². The fraction of sp³-hybridized carbons (Fsp3) is 0.578. The number of unbranched alkanes of at least 4 members (excludes halogenated alkanes) is 2. The monoisotopic (exact) mass is 824 g/mol. The summed E-state index contributed by atoms with van der Waals surface area (Å²) in [7, 11) is 1.51. The van der Waals surface area contributed by atoms with Crippen LogP contribution in [0.4, 0.5) is 4.79 Å². The van der Waals surface area contributed by atoms with Crippen molar-refractivity contribution in [1.29, 1.82) is 0 Å². The molecule has 318 valence electrons. The molecular formula is C45H61ClN2O10. The third-order valence-corrected chi connectivity index (χ3v) is 11.2. The number of aliphatic hydroxyl groups excluding tert-OH is 2. The van der Waals surface area contributed by atoms with Crippen molar-refractivity contribution in [2.45, 2.75) is 102 Å². The molecular weight excluding hydrogens is 764 g/mol. The van der Waals surface area contributed by atoms with Crippen LogP contribution in [-0.4, -0.2) is 96.6 Å². The third kappa shape index (κ3) is 10.2. The first kappa shape index (κ1) is 45.0. The number of alkyl halides is 1. The van der Waals surface area contributed by atoms with Crippen LogP contribution in [0.2, 0.25) is 0 Å². The molecule has 2 N–H and O–H groups in total. The number of methoxy groups -OCH3 is 1. The second-order valence-corrected chi connectivity index (χ2v) is 16.5. The lowest BCUT2D eigenvalue weighted by Gasteiger charge is -2.60. The van der Waals surface area contributed by atoms with E-state index in [0.717, 1.165) is 43.1 Å². The first-order chi connectivity index (χ1) is 28.0. The average molecular weight is 825 g/mol.